The number of halogens is 1. The van der Waals surface area contributed by atoms with Gasteiger partial charge in [0.1, 0.15) is 5.65 Å². The number of aromatic nitrogens is 3. The van der Waals surface area contributed by atoms with E-state index in [0.29, 0.717) is 40.6 Å². The zero-order valence-corrected chi connectivity index (χ0v) is 22.1. The summed E-state index contributed by atoms with van der Waals surface area (Å²) in [5, 5.41) is 4.74. The molecule has 2 fully saturated rings. The van der Waals surface area contributed by atoms with Gasteiger partial charge in [-0.05, 0) is 100.0 Å². The van der Waals surface area contributed by atoms with Crippen LogP contribution in [0.1, 0.15) is 55.6 Å². The van der Waals surface area contributed by atoms with Crippen LogP contribution in [0.2, 0.25) is 5.02 Å². The smallest absolute Gasteiger partial charge is 0.260 e. The second kappa shape index (κ2) is 9.92. The molecule has 3 heterocycles. The summed E-state index contributed by atoms with van der Waals surface area (Å²) in [5.74, 6) is 1.70. The number of rotatable bonds is 6. The predicted octanol–water partition coefficient (Wildman–Crippen LogP) is 6.56. The van der Waals surface area contributed by atoms with E-state index < -0.39 is 0 Å². The summed E-state index contributed by atoms with van der Waals surface area (Å²) in [6, 6.07) is 16.5. The predicted molar refractivity (Wildman–Crippen MR) is 151 cm³/mol. The molecule has 1 saturated heterocycles. The molecule has 2 aromatic carbocycles. The van der Waals surface area contributed by atoms with Crippen LogP contribution in [0.25, 0.3) is 22.2 Å². The third-order valence-electron chi connectivity index (χ3n) is 7.83. The Labute approximate surface area is 222 Å². The van der Waals surface area contributed by atoms with Crippen LogP contribution in [-0.2, 0) is 6.54 Å². The number of likely N-dealkylation sites (tertiary alicyclic amines) is 1. The van der Waals surface area contributed by atoms with Gasteiger partial charge in [-0.1, -0.05) is 35.9 Å². The summed E-state index contributed by atoms with van der Waals surface area (Å²) in [4.78, 5) is 25.2. The molecule has 0 spiro atoms. The van der Waals surface area contributed by atoms with Gasteiger partial charge in [0.15, 0.2) is 0 Å². The van der Waals surface area contributed by atoms with Gasteiger partial charge in [0.2, 0.25) is 5.95 Å². The first-order valence-corrected chi connectivity index (χ1v) is 13.6. The molecule has 0 unspecified atom stereocenters. The number of hydrogen-bond acceptors (Lipinski definition) is 5. The third kappa shape index (κ3) is 4.88. The molecule has 190 valence electrons. The van der Waals surface area contributed by atoms with Crippen molar-refractivity contribution in [2.45, 2.75) is 51.0 Å². The van der Waals surface area contributed by atoms with Crippen LogP contribution < -0.4 is 10.9 Å². The first-order chi connectivity index (χ1) is 18.0. The summed E-state index contributed by atoms with van der Waals surface area (Å²) in [5.41, 5.74) is 5.42. The standard InChI is InChI=1S/C30H32ClN5O/c1-3-36-28-23(16-26(29(36)37)25-11-8-22(17-27(25)31)20-4-5-20)18-32-30(34-28)33-24-9-6-19(7-10-24)21-12-14-35(2)15-13-21/h6-11,16-18,20-21H,3-5,12-15H2,1-2H3,(H,32,33,34). The third-order valence-corrected chi connectivity index (χ3v) is 8.14. The quantitative estimate of drug-likeness (QED) is 0.316. The highest BCUT2D eigenvalue weighted by molar-refractivity contribution is 6.33. The summed E-state index contributed by atoms with van der Waals surface area (Å²) in [7, 11) is 2.19. The van der Waals surface area contributed by atoms with Gasteiger partial charge in [0.05, 0.1) is 0 Å². The molecule has 0 amide bonds. The van der Waals surface area contributed by atoms with E-state index in [2.05, 4.69) is 52.6 Å². The number of hydrogen-bond donors (Lipinski definition) is 1. The summed E-state index contributed by atoms with van der Waals surface area (Å²) >= 11 is 6.65. The van der Waals surface area contributed by atoms with E-state index in [-0.39, 0.29) is 5.56 Å². The number of nitrogens with zero attached hydrogens (tertiary/aromatic N) is 4. The molecule has 37 heavy (non-hydrogen) atoms. The Hall–Kier alpha value is -3.22. The molecule has 1 saturated carbocycles. The normalized spacial score (nSPS) is 16.8. The van der Waals surface area contributed by atoms with Crippen molar-refractivity contribution < 1.29 is 0 Å². The highest BCUT2D eigenvalue weighted by atomic mass is 35.5. The number of benzene rings is 2. The van der Waals surface area contributed by atoms with E-state index in [0.717, 1.165) is 29.7 Å². The Bertz CT molecular complexity index is 1500. The minimum absolute atomic E-state index is 0.0943. The molecule has 0 atom stereocenters. The van der Waals surface area contributed by atoms with Crippen molar-refractivity contribution in [2.75, 3.05) is 25.5 Å². The van der Waals surface area contributed by atoms with Gasteiger partial charge in [-0.2, -0.15) is 4.98 Å². The first kappa shape index (κ1) is 24.1. The van der Waals surface area contributed by atoms with Crippen LogP contribution in [0.15, 0.2) is 59.5 Å². The minimum atomic E-state index is -0.0943. The molecule has 6 rings (SSSR count). The Morgan fingerprint density at radius 2 is 1.65 bits per heavy atom. The Morgan fingerprint density at radius 1 is 0.946 bits per heavy atom. The fourth-order valence-electron chi connectivity index (χ4n) is 5.44. The topological polar surface area (TPSA) is 63.1 Å². The van der Waals surface area contributed by atoms with Crippen molar-refractivity contribution in [3.05, 3.63) is 81.2 Å². The number of pyridine rings is 1. The van der Waals surface area contributed by atoms with Gasteiger partial charge >= 0.3 is 0 Å². The summed E-state index contributed by atoms with van der Waals surface area (Å²) < 4.78 is 1.70. The molecule has 7 heteroatoms. The van der Waals surface area contributed by atoms with Crippen molar-refractivity contribution in [2.24, 2.45) is 0 Å². The van der Waals surface area contributed by atoms with Crippen LogP contribution >= 0.6 is 11.6 Å². The number of fused-ring (bicyclic) bond motifs is 1. The molecular weight excluding hydrogens is 482 g/mol. The first-order valence-electron chi connectivity index (χ1n) is 13.3. The lowest BCUT2D eigenvalue weighted by molar-refractivity contribution is 0.255. The van der Waals surface area contributed by atoms with Gasteiger partial charge in [-0.15, -0.1) is 0 Å². The molecule has 1 aliphatic heterocycles. The molecule has 6 nitrogen and oxygen atoms in total. The van der Waals surface area contributed by atoms with Crippen LogP contribution in [0.3, 0.4) is 0 Å². The van der Waals surface area contributed by atoms with Crippen molar-refractivity contribution in [1.82, 2.24) is 19.4 Å². The minimum Gasteiger partial charge on any atom is -0.324 e. The fraction of sp³-hybridized carbons (Fsp3) is 0.367. The highest BCUT2D eigenvalue weighted by Crippen LogP contribution is 2.42. The maximum absolute atomic E-state index is 13.5. The van der Waals surface area contributed by atoms with Crippen LogP contribution in [0, 0.1) is 0 Å². The van der Waals surface area contributed by atoms with Crippen LogP contribution in [-0.4, -0.2) is 39.6 Å². The van der Waals surface area contributed by atoms with Gasteiger partial charge < -0.3 is 10.2 Å². The van der Waals surface area contributed by atoms with Gasteiger partial charge in [-0.25, -0.2) is 4.98 Å². The Balaban J connectivity index is 1.28. The lowest BCUT2D eigenvalue weighted by Gasteiger charge is -2.29. The average Bonchev–Trinajstić information content (AvgIpc) is 3.75. The van der Waals surface area contributed by atoms with E-state index in [1.165, 1.54) is 36.8 Å². The van der Waals surface area contributed by atoms with Crippen molar-refractivity contribution in [1.29, 1.82) is 0 Å². The van der Waals surface area contributed by atoms with Crippen molar-refractivity contribution in [3.8, 4) is 11.1 Å². The van der Waals surface area contributed by atoms with Gasteiger partial charge in [0, 0.05) is 40.0 Å². The Morgan fingerprint density at radius 3 is 2.32 bits per heavy atom. The fourth-order valence-corrected chi connectivity index (χ4v) is 5.73. The average molecular weight is 514 g/mol. The summed E-state index contributed by atoms with van der Waals surface area (Å²) in [6.07, 6.45) is 6.60. The maximum Gasteiger partial charge on any atom is 0.260 e. The highest BCUT2D eigenvalue weighted by Gasteiger charge is 2.24. The molecule has 2 aliphatic rings. The van der Waals surface area contributed by atoms with Crippen molar-refractivity contribution >= 4 is 34.3 Å². The molecule has 4 aromatic rings. The second-order valence-electron chi connectivity index (χ2n) is 10.4. The lowest BCUT2D eigenvalue weighted by Crippen LogP contribution is -2.29. The lowest BCUT2D eigenvalue weighted by atomic mass is 9.89. The number of anilines is 2. The number of aryl methyl sites for hydroxylation is 1. The van der Waals surface area contributed by atoms with Gasteiger partial charge in [0.25, 0.3) is 5.56 Å². The second-order valence-corrected chi connectivity index (χ2v) is 10.8. The van der Waals surface area contributed by atoms with Crippen LogP contribution in [0.5, 0.6) is 0 Å². The molecule has 2 aromatic heterocycles. The zero-order valence-electron chi connectivity index (χ0n) is 21.4. The number of piperidine rings is 1. The van der Waals surface area contributed by atoms with Crippen LogP contribution in [0.4, 0.5) is 11.6 Å². The van der Waals surface area contributed by atoms with Gasteiger partial charge in [-0.3, -0.25) is 9.36 Å². The van der Waals surface area contributed by atoms with Crippen molar-refractivity contribution in [3.63, 3.8) is 0 Å². The van der Waals surface area contributed by atoms with E-state index in [4.69, 9.17) is 16.6 Å². The monoisotopic (exact) mass is 513 g/mol. The zero-order chi connectivity index (χ0) is 25.5. The van der Waals surface area contributed by atoms with E-state index in [1.54, 1.807) is 10.8 Å². The molecule has 0 radical (unpaired) electrons. The largest absolute Gasteiger partial charge is 0.324 e. The summed E-state index contributed by atoms with van der Waals surface area (Å²) in [6.45, 7) is 4.75. The maximum atomic E-state index is 13.5. The molecular formula is C30H32ClN5O. The molecule has 0 bridgehead atoms. The molecule has 1 aliphatic carbocycles. The SMILES string of the molecule is CCn1c(=O)c(-c2ccc(C3CC3)cc2Cl)cc2cnc(Nc3ccc(C4CCN(C)CC4)cc3)nc21. The molecule has 1 N–H and O–H groups in total. The van der Waals surface area contributed by atoms with E-state index in [1.807, 2.05) is 25.1 Å². The van der Waals surface area contributed by atoms with E-state index in [9.17, 15) is 4.79 Å². The Kier molecular flexibility index (Phi) is 6.47. The number of nitrogens with one attached hydrogen (secondary N) is 1. The van der Waals surface area contributed by atoms with E-state index >= 15 is 0 Å².